The third-order valence-corrected chi connectivity index (χ3v) is 20.8. The Morgan fingerprint density at radius 3 is 1.82 bits per heavy atom. The zero-order valence-electron chi connectivity index (χ0n) is 47.5. The number of Topliss-reactive ketones (excluding diaryl/α,β-unsaturated/α-hetero) is 1. The van der Waals surface area contributed by atoms with Gasteiger partial charge in [-0.2, -0.15) is 0 Å². The van der Waals surface area contributed by atoms with Crippen LogP contribution in [0.2, 0.25) is 0 Å². The first-order chi connectivity index (χ1) is 36.8. The molecule has 0 aromatic carbocycles. The summed E-state index contributed by atoms with van der Waals surface area (Å²) < 4.78 is 42.1. The van der Waals surface area contributed by atoms with E-state index >= 15 is 4.79 Å². The van der Waals surface area contributed by atoms with Gasteiger partial charge in [0, 0.05) is 29.8 Å². The Balaban J connectivity index is 1.08. The van der Waals surface area contributed by atoms with E-state index in [1.165, 1.54) is 13.8 Å². The van der Waals surface area contributed by atoms with Gasteiger partial charge in [-0.25, -0.2) is 0 Å². The van der Waals surface area contributed by atoms with Gasteiger partial charge >= 0.3 is 0 Å². The van der Waals surface area contributed by atoms with Crippen LogP contribution in [0.1, 0.15) is 121 Å². The third kappa shape index (κ3) is 12.0. The molecule has 4 aliphatic carbocycles. The molecule has 0 bridgehead atoms. The van der Waals surface area contributed by atoms with E-state index in [0.29, 0.717) is 32.1 Å². The van der Waals surface area contributed by atoms with Crippen molar-refractivity contribution < 1.29 is 115 Å². The number of rotatable bonds is 21. The first kappa shape index (κ1) is 65.1. The van der Waals surface area contributed by atoms with Crippen LogP contribution in [-0.2, 0) is 38.0 Å². The van der Waals surface area contributed by atoms with E-state index in [4.69, 9.17) is 33.2 Å². The van der Waals surface area contributed by atoms with Crippen LogP contribution in [0, 0.1) is 51.2 Å². The van der Waals surface area contributed by atoms with Crippen molar-refractivity contribution in [3.05, 3.63) is 11.6 Å². The standard InChI is InChI=1S/C56H96O23/c1-24(27-17-18-54(8)33-14-12-28-29(56(33,10)34(60)19-55(27,54)9)13-16-35(52(28,4)5)74-26(3)38(62)42(66)37(61)25(2)20-57)11-15-36(53(6,7)72)78-51-48(79-50-47(71)44(68)40(64)31(22-59)76-50)45(69)41(65)32(77-51)23-73-49-46(70)43(67)39(63)30(21-58)75-49/h12,24-27,29-33,35-51,57-59,61-72H,11,13-23H2,1-10H3. The first-order valence-electron chi connectivity index (χ1n) is 28.6. The number of hydrogen-bond acceptors (Lipinski definition) is 23. The number of aliphatic hydroxyl groups excluding tert-OH is 14. The minimum absolute atomic E-state index is 0.0207. The average molecular weight is 1140 g/mol. The lowest BCUT2D eigenvalue weighted by atomic mass is 9.38. The molecule has 3 saturated carbocycles. The van der Waals surface area contributed by atoms with Crippen molar-refractivity contribution in [2.24, 2.45) is 51.2 Å². The Hall–Kier alpha value is -1.47. The van der Waals surface area contributed by atoms with Gasteiger partial charge in [-0.05, 0) is 100 Å². The SMILES string of the molecule is CC(CO)C(O)C(O)C(O)C(C)OC1CCC2C(=CCC3C2(C)C(=O)CC2(C)C(C(C)CCC(OC4OC(COC5OC(CO)C(O)C(O)C5O)C(O)C(O)C4OC4OC(CO)C(O)C(O)C4O)C(C)(C)O)CCC32C)C1(C)C. The van der Waals surface area contributed by atoms with Crippen molar-refractivity contribution in [1.29, 1.82) is 0 Å². The summed E-state index contributed by atoms with van der Waals surface area (Å²) in [5, 5.41) is 160. The van der Waals surface area contributed by atoms with Crippen LogP contribution in [0.25, 0.3) is 0 Å². The molecule has 15 N–H and O–H groups in total. The number of ether oxygens (including phenoxy) is 7. The molecule has 7 aliphatic rings. The maximum Gasteiger partial charge on any atom is 0.187 e. The van der Waals surface area contributed by atoms with Crippen molar-refractivity contribution in [2.75, 3.05) is 26.4 Å². The van der Waals surface area contributed by atoms with E-state index < -0.39 is 170 Å². The molecule has 29 atom stereocenters. The summed E-state index contributed by atoms with van der Waals surface area (Å²) in [7, 11) is 0. The fourth-order valence-electron chi connectivity index (χ4n) is 15.3. The van der Waals surface area contributed by atoms with E-state index in [1.807, 2.05) is 0 Å². The van der Waals surface area contributed by atoms with Gasteiger partial charge in [-0.1, -0.05) is 60.1 Å². The summed E-state index contributed by atoms with van der Waals surface area (Å²) in [5.74, 6) is -0.432. The van der Waals surface area contributed by atoms with Gasteiger partial charge in [0.15, 0.2) is 18.9 Å². The lowest BCUT2D eigenvalue weighted by Crippen LogP contribution is -2.65. The quantitative estimate of drug-likeness (QED) is 0.0568. The molecular weight excluding hydrogens is 1040 g/mol. The molecule has 3 saturated heterocycles. The van der Waals surface area contributed by atoms with E-state index in [-0.39, 0.29) is 54.0 Å². The van der Waals surface area contributed by atoms with Crippen LogP contribution < -0.4 is 0 Å². The Kier molecular flexibility index (Phi) is 20.5. The minimum atomic E-state index is -1.94. The van der Waals surface area contributed by atoms with Gasteiger partial charge in [0.25, 0.3) is 0 Å². The van der Waals surface area contributed by atoms with Crippen molar-refractivity contribution in [1.82, 2.24) is 0 Å². The second kappa shape index (κ2) is 24.9. The molecular formula is C56H96O23. The number of allylic oxidation sites excluding steroid dienone is 1. The highest BCUT2D eigenvalue weighted by Crippen LogP contribution is 2.74. The van der Waals surface area contributed by atoms with Crippen LogP contribution in [0.15, 0.2) is 11.6 Å². The van der Waals surface area contributed by atoms with Crippen LogP contribution in [-0.4, -0.2) is 243 Å². The normalized spacial score (nSPS) is 46.2. The summed E-state index contributed by atoms with van der Waals surface area (Å²) in [6, 6.07) is 0. The molecule has 29 unspecified atom stereocenters. The molecule has 0 aromatic heterocycles. The highest BCUT2D eigenvalue weighted by molar-refractivity contribution is 5.88. The molecule has 458 valence electrons. The summed E-state index contributed by atoms with van der Waals surface area (Å²) in [6.45, 7) is 16.8. The molecule has 3 aliphatic heterocycles. The van der Waals surface area contributed by atoms with Gasteiger partial charge in [0.2, 0.25) is 0 Å². The molecule has 0 spiro atoms. The maximum absolute atomic E-state index is 15.2. The van der Waals surface area contributed by atoms with Crippen molar-refractivity contribution in [2.45, 2.75) is 255 Å². The average Bonchev–Trinajstić information content (AvgIpc) is 2.57. The monoisotopic (exact) mass is 1140 g/mol. The second-order valence-corrected chi connectivity index (χ2v) is 26.3. The van der Waals surface area contributed by atoms with E-state index in [0.717, 1.165) is 18.4 Å². The third-order valence-electron chi connectivity index (χ3n) is 20.8. The van der Waals surface area contributed by atoms with Gasteiger partial charge < -0.3 is 110 Å². The number of hydrogen-bond donors (Lipinski definition) is 15. The smallest absolute Gasteiger partial charge is 0.187 e. The summed E-state index contributed by atoms with van der Waals surface area (Å²) in [5.41, 5.74) is -2.34. The minimum Gasteiger partial charge on any atom is -0.396 e. The van der Waals surface area contributed by atoms with Crippen molar-refractivity contribution in [3.8, 4) is 0 Å². The van der Waals surface area contributed by atoms with Crippen LogP contribution >= 0.6 is 0 Å². The highest BCUT2D eigenvalue weighted by atomic mass is 16.8. The molecule has 3 heterocycles. The lowest BCUT2D eigenvalue weighted by Gasteiger charge is -2.65. The summed E-state index contributed by atoms with van der Waals surface area (Å²) in [6.07, 6.45) is -25.3. The predicted octanol–water partition coefficient (Wildman–Crippen LogP) is -1.72. The Bertz CT molecular complexity index is 2050. The molecule has 79 heavy (non-hydrogen) atoms. The molecule has 7 rings (SSSR count). The van der Waals surface area contributed by atoms with Gasteiger partial charge in [-0.3, -0.25) is 4.79 Å². The molecule has 23 heteroatoms. The predicted molar refractivity (Wildman–Crippen MR) is 277 cm³/mol. The molecule has 0 amide bonds. The highest BCUT2D eigenvalue weighted by Gasteiger charge is 2.70. The fourth-order valence-corrected chi connectivity index (χ4v) is 15.3. The fraction of sp³-hybridized carbons (Fsp3) is 0.946. The van der Waals surface area contributed by atoms with Gasteiger partial charge in [0.05, 0.1) is 49.8 Å². The Labute approximate surface area is 463 Å². The molecule has 0 aromatic rings. The van der Waals surface area contributed by atoms with Crippen LogP contribution in [0.3, 0.4) is 0 Å². The Morgan fingerprint density at radius 1 is 0.671 bits per heavy atom. The number of aliphatic hydroxyl groups is 15. The van der Waals surface area contributed by atoms with E-state index in [2.05, 4.69) is 47.6 Å². The van der Waals surface area contributed by atoms with Gasteiger partial charge in [0.1, 0.15) is 91.2 Å². The number of fused-ring (bicyclic) bond motifs is 5. The Morgan fingerprint density at radius 2 is 1.24 bits per heavy atom. The molecule has 6 fully saturated rings. The maximum atomic E-state index is 15.2. The zero-order valence-corrected chi connectivity index (χ0v) is 47.5. The first-order valence-corrected chi connectivity index (χ1v) is 28.6. The number of carbonyl (C=O) groups is 1. The summed E-state index contributed by atoms with van der Waals surface area (Å²) in [4.78, 5) is 15.2. The van der Waals surface area contributed by atoms with Gasteiger partial charge in [-0.15, -0.1) is 0 Å². The van der Waals surface area contributed by atoms with Crippen molar-refractivity contribution in [3.63, 3.8) is 0 Å². The number of ketones is 1. The topological polar surface area (TPSA) is 385 Å². The largest absolute Gasteiger partial charge is 0.396 e. The second-order valence-electron chi connectivity index (χ2n) is 26.3. The number of carbonyl (C=O) groups excluding carboxylic acids is 1. The summed E-state index contributed by atoms with van der Waals surface area (Å²) >= 11 is 0. The zero-order chi connectivity index (χ0) is 58.8. The van der Waals surface area contributed by atoms with E-state index in [1.54, 1.807) is 13.8 Å². The van der Waals surface area contributed by atoms with Crippen molar-refractivity contribution >= 4 is 5.78 Å². The van der Waals surface area contributed by atoms with Crippen LogP contribution in [0.5, 0.6) is 0 Å². The lowest BCUT2D eigenvalue weighted by molar-refractivity contribution is -0.380. The molecule has 23 nitrogen and oxygen atoms in total. The molecule has 0 radical (unpaired) electrons. The van der Waals surface area contributed by atoms with Crippen LogP contribution in [0.4, 0.5) is 0 Å². The van der Waals surface area contributed by atoms with E-state index in [9.17, 15) is 76.6 Å².